The minimum absolute atomic E-state index is 0.0889. The summed E-state index contributed by atoms with van der Waals surface area (Å²) in [5.74, 6) is 1.44. The number of ether oxygens (including phenoxy) is 1. The van der Waals surface area contributed by atoms with E-state index in [0.29, 0.717) is 18.7 Å². The quantitative estimate of drug-likeness (QED) is 0.666. The van der Waals surface area contributed by atoms with Crippen molar-refractivity contribution in [3.05, 3.63) is 65.6 Å². The molecule has 1 saturated carbocycles. The highest BCUT2D eigenvalue weighted by molar-refractivity contribution is 5.93. The van der Waals surface area contributed by atoms with Crippen LogP contribution in [0, 0.1) is 0 Å². The number of anilines is 1. The van der Waals surface area contributed by atoms with E-state index in [4.69, 9.17) is 4.74 Å². The molecule has 1 aromatic carbocycles. The molecule has 1 N–H and O–H groups in total. The first-order valence-corrected chi connectivity index (χ1v) is 11.4. The molecule has 3 aromatic rings. The van der Waals surface area contributed by atoms with E-state index in [1.165, 1.54) is 19.3 Å². The normalized spacial score (nSPS) is 16.3. The molecule has 7 nitrogen and oxygen atoms in total. The fraction of sp³-hybridized carbons (Fsp3) is 0.400. The van der Waals surface area contributed by atoms with Crippen molar-refractivity contribution < 1.29 is 9.53 Å². The maximum atomic E-state index is 13.0. The highest BCUT2D eigenvalue weighted by Crippen LogP contribution is 2.34. The number of hydrogen-bond acceptors (Lipinski definition) is 5. The zero-order valence-corrected chi connectivity index (χ0v) is 18.5. The van der Waals surface area contributed by atoms with Gasteiger partial charge in [0.15, 0.2) is 11.6 Å². The molecule has 0 bridgehead atoms. The second kappa shape index (κ2) is 9.02. The van der Waals surface area contributed by atoms with E-state index >= 15 is 0 Å². The van der Waals surface area contributed by atoms with Crippen LogP contribution in [0.2, 0.25) is 0 Å². The molecule has 0 radical (unpaired) electrons. The van der Waals surface area contributed by atoms with Crippen LogP contribution in [0.1, 0.15) is 53.7 Å². The molecule has 2 aliphatic rings. The van der Waals surface area contributed by atoms with Gasteiger partial charge in [0.05, 0.1) is 12.2 Å². The third kappa shape index (κ3) is 4.33. The van der Waals surface area contributed by atoms with Gasteiger partial charge in [0.25, 0.3) is 5.91 Å². The second-order valence-electron chi connectivity index (χ2n) is 8.69. The first kappa shape index (κ1) is 20.5. The average molecular weight is 432 g/mol. The van der Waals surface area contributed by atoms with Crippen molar-refractivity contribution in [2.45, 2.75) is 44.6 Å². The molecule has 1 amide bonds. The molecule has 0 saturated heterocycles. The lowest BCUT2D eigenvalue weighted by Crippen LogP contribution is -2.37. The lowest BCUT2D eigenvalue weighted by Gasteiger charge is -2.29. The minimum atomic E-state index is -0.0889. The van der Waals surface area contributed by atoms with E-state index in [0.717, 1.165) is 47.8 Å². The van der Waals surface area contributed by atoms with E-state index in [2.05, 4.69) is 44.6 Å². The Labute approximate surface area is 188 Å². The zero-order valence-electron chi connectivity index (χ0n) is 18.5. The molecule has 0 unspecified atom stereocenters. The molecule has 0 spiro atoms. The van der Waals surface area contributed by atoms with Crippen molar-refractivity contribution in [3.8, 4) is 11.4 Å². The predicted octanol–water partition coefficient (Wildman–Crippen LogP) is 3.75. The number of nitrogens with one attached hydrogen (secondary N) is 1. The van der Waals surface area contributed by atoms with Crippen molar-refractivity contribution in [1.82, 2.24) is 20.1 Å². The highest BCUT2D eigenvalue weighted by Gasteiger charge is 2.25. The van der Waals surface area contributed by atoms with Gasteiger partial charge in [-0.3, -0.25) is 4.79 Å². The number of aromatic nitrogens is 3. The zero-order chi connectivity index (χ0) is 21.9. The highest BCUT2D eigenvalue weighted by atomic mass is 16.5. The molecule has 5 rings (SSSR count). The number of amides is 1. The fourth-order valence-electron chi connectivity index (χ4n) is 4.54. The van der Waals surface area contributed by atoms with Gasteiger partial charge < -0.3 is 15.0 Å². The van der Waals surface area contributed by atoms with Gasteiger partial charge in [-0.25, -0.2) is 9.67 Å². The Kier molecular flexibility index (Phi) is 5.79. The van der Waals surface area contributed by atoms with Crippen molar-refractivity contribution in [2.24, 2.45) is 0 Å². The van der Waals surface area contributed by atoms with Gasteiger partial charge in [0, 0.05) is 37.5 Å². The summed E-state index contributed by atoms with van der Waals surface area (Å²) in [4.78, 5) is 19.8. The third-order valence-corrected chi connectivity index (χ3v) is 6.34. The smallest absolute Gasteiger partial charge is 0.270 e. The van der Waals surface area contributed by atoms with Gasteiger partial charge in [-0.2, -0.15) is 5.10 Å². The lowest BCUT2D eigenvalue weighted by atomic mass is 9.95. The number of carbonyl (C=O) groups is 1. The number of pyridine rings is 1. The van der Waals surface area contributed by atoms with E-state index in [1.807, 2.05) is 30.1 Å². The van der Waals surface area contributed by atoms with Crippen LogP contribution in [0.25, 0.3) is 5.69 Å². The number of fused-ring (bicyclic) bond motifs is 1. The Morgan fingerprint density at radius 2 is 2.00 bits per heavy atom. The van der Waals surface area contributed by atoms with Crippen molar-refractivity contribution in [1.29, 1.82) is 0 Å². The molecular weight excluding hydrogens is 402 g/mol. The number of nitrogens with zero attached hydrogens (tertiary/aromatic N) is 4. The molecule has 32 heavy (non-hydrogen) atoms. The molecule has 166 valence electrons. The lowest BCUT2D eigenvalue weighted by molar-refractivity contribution is 0.0922. The average Bonchev–Trinajstić information content (AvgIpc) is 3.36. The summed E-state index contributed by atoms with van der Waals surface area (Å²) < 4.78 is 7.85. The minimum Gasteiger partial charge on any atom is -0.488 e. The summed E-state index contributed by atoms with van der Waals surface area (Å²) in [6.45, 7) is 1.37. The number of likely N-dealkylation sites (N-methyl/N-ethyl adjacent to an activating group) is 1. The number of hydrogen-bond donors (Lipinski definition) is 1. The molecule has 1 aliphatic carbocycles. The van der Waals surface area contributed by atoms with E-state index < -0.39 is 0 Å². The van der Waals surface area contributed by atoms with E-state index in [9.17, 15) is 4.79 Å². The van der Waals surface area contributed by atoms with Crippen molar-refractivity contribution in [3.63, 3.8) is 0 Å². The summed E-state index contributed by atoms with van der Waals surface area (Å²) in [6, 6.07) is 12.4. The molecule has 2 aromatic heterocycles. The molecule has 3 heterocycles. The van der Waals surface area contributed by atoms with Crippen LogP contribution in [-0.2, 0) is 6.42 Å². The first-order chi connectivity index (χ1) is 15.7. The summed E-state index contributed by atoms with van der Waals surface area (Å²) in [5, 5.41) is 7.48. The maximum absolute atomic E-state index is 13.0. The van der Waals surface area contributed by atoms with E-state index in [1.54, 1.807) is 6.20 Å². The number of carbonyl (C=O) groups excluding carboxylic acids is 1. The summed E-state index contributed by atoms with van der Waals surface area (Å²) in [7, 11) is 2.00. The monoisotopic (exact) mass is 431 g/mol. The van der Waals surface area contributed by atoms with Gasteiger partial charge in [0.1, 0.15) is 12.3 Å². The van der Waals surface area contributed by atoms with Crippen LogP contribution >= 0.6 is 0 Å². The van der Waals surface area contributed by atoms with Crippen LogP contribution in [0.15, 0.2) is 48.8 Å². The summed E-state index contributed by atoms with van der Waals surface area (Å²) >= 11 is 0. The Bertz CT molecular complexity index is 1070. The van der Waals surface area contributed by atoms with E-state index in [-0.39, 0.29) is 11.9 Å². The molecule has 1 aliphatic heterocycles. The molecule has 7 heteroatoms. The Morgan fingerprint density at radius 3 is 2.75 bits per heavy atom. The van der Waals surface area contributed by atoms with Crippen molar-refractivity contribution >= 4 is 11.7 Å². The first-order valence-electron chi connectivity index (χ1n) is 11.4. The van der Waals surface area contributed by atoms with Gasteiger partial charge >= 0.3 is 0 Å². The SMILES string of the molecule is CN1CCOc2c(Cc3ccc(-n4cccn4)cc3)cc(C(=O)NC3CCCCC3)nc21. The van der Waals surface area contributed by atoms with Crippen LogP contribution in [0.3, 0.4) is 0 Å². The number of benzene rings is 1. The fourth-order valence-corrected chi connectivity index (χ4v) is 4.54. The molecule has 1 fully saturated rings. The van der Waals surface area contributed by atoms with Crippen molar-refractivity contribution in [2.75, 3.05) is 25.1 Å². The van der Waals surface area contributed by atoms with Crippen LogP contribution in [0.4, 0.5) is 5.82 Å². The second-order valence-corrected chi connectivity index (χ2v) is 8.69. The van der Waals surface area contributed by atoms with Crippen LogP contribution < -0.4 is 15.0 Å². The predicted molar refractivity (Wildman–Crippen MR) is 124 cm³/mol. The Balaban J connectivity index is 1.42. The van der Waals surface area contributed by atoms with Crippen LogP contribution in [-0.4, -0.2) is 46.9 Å². The van der Waals surface area contributed by atoms with Gasteiger partial charge in [0.2, 0.25) is 0 Å². The van der Waals surface area contributed by atoms with Crippen LogP contribution in [0.5, 0.6) is 5.75 Å². The Hall–Kier alpha value is -3.35. The number of rotatable bonds is 5. The Morgan fingerprint density at radius 1 is 1.19 bits per heavy atom. The van der Waals surface area contributed by atoms with Gasteiger partial charge in [-0.05, 0) is 42.7 Å². The molecule has 0 atom stereocenters. The van der Waals surface area contributed by atoms with Gasteiger partial charge in [-0.15, -0.1) is 0 Å². The van der Waals surface area contributed by atoms with Gasteiger partial charge in [-0.1, -0.05) is 31.4 Å². The molecular formula is C25H29N5O2. The topological polar surface area (TPSA) is 72.3 Å². The maximum Gasteiger partial charge on any atom is 0.270 e. The third-order valence-electron chi connectivity index (χ3n) is 6.34. The largest absolute Gasteiger partial charge is 0.488 e. The standard InChI is InChI=1S/C25H29N5O2/c1-29-14-15-32-23-19(16-18-8-10-21(11-9-18)30-13-5-12-26-30)17-22(28-24(23)29)25(31)27-20-6-3-2-4-7-20/h5,8-13,17,20H,2-4,6-7,14-16H2,1H3,(H,27,31). The summed E-state index contributed by atoms with van der Waals surface area (Å²) in [5.41, 5.74) is 3.61. The summed E-state index contributed by atoms with van der Waals surface area (Å²) in [6.07, 6.45) is 10.1.